The molecule has 1 saturated heterocycles. The van der Waals surface area contributed by atoms with Gasteiger partial charge in [0.05, 0.1) is 19.5 Å². The molecule has 7 atom stereocenters. The number of fused-ring (bicyclic) bond motifs is 1. The zero-order valence-electron chi connectivity index (χ0n) is 29.6. The maximum atomic E-state index is 12.7. The molecule has 28 heteroatoms. The normalized spacial score (nSPS) is 22.0. The van der Waals surface area contributed by atoms with Crippen LogP contribution in [0.2, 0.25) is 0 Å². The summed E-state index contributed by atoms with van der Waals surface area (Å²) in [5.74, 6) is -1.10. The Morgan fingerprint density at radius 3 is 2.44 bits per heavy atom. The number of carbonyl (C=O) groups is 3. The summed E-state index contributed by atoms with van der Waals surface area (Å²) in [5.41, 5.74) is 4.26. The molecule has 3 unspecified atom stereocenters. The van der Waals surface area contributed by atoms with Gasteiger partial charge in [0.2, 0.25) is 11.8 Å². The quantitative estimate of drug-likeness (QED) is 0.0428. The Morgan fingerprint density at radius 1 is 1.07 bits per heavy atom. The number of nitrogens with one attached hydrogen (secondary N) is 2. The molecule has 0 bridgehead atoms. The lowest BCUT2D eigenvalue weighted by Gasteiger charge is -2.30. The molecular formula is C27H44N7O17P3S. The Bertz CT molecular complexity index is 1830. The van der Waals surface area contributed by atoms with Gasteiger partial charge in [0.25, 0.3) is 0 Å². The molecule has 1 fully saturated rings. The first-order valence-corrected chi connectivity index (χ1v) is 21.8. The van der Waals surface area contributed by atoms with Gasteiger partial charge in [-0.15, -0.1) is 0 Å². The van der Waals surface area contributed by atoms with Crippen LogP contribution in [0.15, 0.2) is 24.8 Å². The average molecular weight is 864 g/mol. The molecule has 0 radical (unpaired) electrons. The zero-order valence-corrected chi connectivity index (χ0v) is 33.1. The van der Waals surface area contributed by atoms with Gasteiger partial charge in [-0.2, -0.15) is 4.31 Å². The molecule has 1 aliphatic heterocycles. The van der Waals surface area contributed by atoms with E-state index in [1.165, 1.54) is 13.8 Å². The number of ether oxygens (including phenoxy) is 1. The predicted octanol–water partition coefficient (Wildman–Crippen LogP) is 0.0210. The summed E-state index contributed by atoms with van der Waals surface area (Å²) in [6, 6.07) is 0. The highest BCUT2D eigenvalue weighted by atomic mass is 32.2. The molecule has 0 spiro atoms. The summed E-state index contributed by atoms with van der Waals surface area (Å²) in [4.78, 5) is 87.2. The van der Waals surface area contributed by atoms with Crippen LogP contribution in [0.4, 0.5) is 5.82 Å². The van der Waals surface area contributed by atoms with Gasteiger partial charge >= 0.3 is 23.5 Å². The summed E-state index contributed by atoms with van der Waals surface area (Å²) >= 11 is 1.07. The number of rotatable bonds is 22. The van der Waals surface area contributed by atoms with Crippen molar-refractivity contribution < 1.29 is 80.5 Å². The molecule has 55 heavy (non-hydrogen) atoms. The number of aliphatic hydroxyl groups is 2. The fraction of sp³-hybridized carbons (Fsp3) is 0.630. The molecular weight excluding hydrogens is 819 g/mol. The molecule has 2 aromatic heterocycles. The van der Waals surface area contributed by atoms with Crippen molar-refractivity contribution in [3.8, 4) is 0 Å². The number of aliphatic hydroxyl groups excluding tert-OH is 2. The first kappa shape index (κ1) is 46.7. The van der Waals surface area contributed by atoms with Crippen molar-refractivity contribution in [2.24, 2.45) is 5.41 Å². The molecule has 24 nitrogen and oxygen atoms in total. The number of nitrogen functional groups attached to an aromatic ring is 1. The molecule has 3 rings (SSSR count). The number of imidazole rings is 1. The minimum Gasteiger partial charge on any atom is -0.386 e. The third-order valence-electron chi connectivity index (χ3n) is 7.45. The second-order valence-corrected chi connectivity index (χ2v) is 17.8. The molecule has 0 saturated carbocycles. The number of hydrogen-bond donors (Lipinski definition) is 9. The molecule has 2 aromatic rings. The van der Waals surface area contributed by atoms with E-state index in [1.807, 2.05) is 13.0 Å². The molecule has 1 aliphatic rings. The van der Waals surface area contributed by atoms with Crippen molar-refractivity contribution in [1.82, 2.24) is 30.2 Å². The summed E-state index contributed by atoms with van der Waals surface area (Å²) < 4.78 is 62.0. The lowest BCUT2D eigenvalue weighted by molar-refractivity contribution is -0.137. The van der Waals surface area contributed by atoms with Crippen molar-refractivity contribution in [2.45, 2.75) is 70.7 Å². The Morgan fingerprint density at radius 2 is 1.76 bits per heavy atom. The maximum Gasteiger partial charge on any atom is 0.481 e. The Labute approximate surface area is 318 Å². The van der Waals surface area contributed by atoms with Gasteiger partial charge < -0.3 is 50.9 Å². The van der Waals surface area contributed by atoms with Crippen LogP contribution in [0.1, 0.15) is 46.3 Å². The van der Waals surface area contributed by atoms with Crippen LogP contribution in [0.25, 0.3) is 11.2 Å². The SMILES string of the molecule is CC/C=C\CC(=O)SCCNC(=O)CCNC(=O)C(O)C(C)(C)COP(=O)(O)OP(=O)(O)OC[C@H]1O[C@@H](n2cnc3c(N)ncnc32)[C@H](O)[C@@H]1OP(=O)(O)O. The molecule has 10 N–H and O–H groups in total. The number of nitrogens with zero attached hydrogens (tertiary/aromatic N) is 4. The second-order valence-electron chi connectivity index (χ2n) is 12.4. The zero-order chi connectivity index (χ0) is 41.2. The van der Waals surface area contributed by atoms with Crippen LogP contribution in [0.5, 0.6) is 0 Å². The number of nitrogens with two attached hydrogens (primary N) is 1. The van der Waals surface area contributed by atoms with Crippen LogP contribution in [-0.2, 0) is 50.7 Å². The van der Waals surface area contributed by atoms with E-state index in [0.717, 1.165) is 35.4 Å². The van der Waals surface area contributed by atoms with E-state index in [1.54, 1.807) is 6.08 Å². The van der Waals surface area contributed by atoms with E-state index in [-0.39, 0.29) is 48.0 Å². The number of amides is 2. The van der Waals surface area contributed by atoms with Gasteiger partial charge in [-0.25, -0.2) is 28.6 Å². The first-order valence-electron chi connectivity index (χ1n) is 16.3. The predicted molar refractivity (Wildman–Crippen MR) is 191 cm³/mol. The summed E-state index contributed by atoms with van der Waals surface area (Å²) in [6.07, 6.45) is -2.16. The van der Waals surface area contributed by atoms with E-state index in [2.05, 4.69) is 34.4 Å². The molecule has 0 aromatic carbocycles. The van der Waals surface area contributed by atoms with Crippen LogP contribution < -0.4 is 16.4 Å². The molecule has 310 valence electrons. The number of aromatic nitrogens is 4. The fourth-order valence-electron chi connectivity index (χ4n) is 4.70. The Kier molecular flexibility index (Phi) is 17.1. The van der Waals surface area contributed by atoms with Crippen molar-refractivity contribution in [3.05, 3.63) is 24.8 Å². The van der Waals surface area contributed by atoms with Crippen molar-refractivity contribution in [2.75, 3.05) is 37.8 Å². The van der Waals surface area contributed by atoms with E-state index >= 15 is 0 Å². The monoisotopic (exact) mass is 863 g/mol. The van der Waals surface area contributed by atoms with E-state index in [0.29, 0.717) is 5.75 Å². The smallest absolute Gasteiger partial charge is 0.386 e. The lowest BCUT2D eigenvalue weighted by atomic mass is 9.87. The third-order valence-corrected chi connectivity index (χ3v) is 11.4. The average Bonchev–Trinajstić information content (AvgIpc) is 3.64. The van der Waals surface area contributed by atoms with Crippen LogP contribution in [-0.4, -0.2) is 123 Å². The minimum atomic E-state index is -5.57. The highest BCUT2D eigenvalue weighted by Gasteiger charge is 2.50. The van der Waals surface area contributed by atoms with Gasteiger partial charge in [0.1, 0.15) is 36.3 Å². The lowest BCUT2D eigenvalue weighted by Crippen LogP contribution is -2.46. The Hall–Kier alpha value is -2.70. The van der Waals surface area contributed by atoms with Crippen molar-refractivity contribution in [1.29, 1.82) is 0 Å². The molecule has 3 heterocycles. The number of allylic oxidation sites excluding steroid dienone is 2. The number of phosphoric acid groups is 3. The minimum absolute atomic E-state index is 0.0306. The van der Waals surface area contributed by atoms with Gasteiger partial charge in [0, 0.05) is 37.1 Å². The second kappa shape index (κ2) is 20.1. The van der Waals surface area contributed by atoms with Gasteiger partial charge in [0.15, 0.2) is 22.8 Å². The molecule has 0 aliphatic carbocycles. The number of hydrogen-bond acceptors (Lipinski definition) is 18. The highest BCUT2D eigenvalue weighted by Crippen LogP contribution is 2.61. The maximum absolute atomic E-state index is 12.7. The van der Waals surface area contributed by atoms with Crippen molar-refractivity contribution >= 4 is 69.1 Å². The standard InChI is InChI=1S/C27H44N7O17P3S/c1-4-5-6-7-18(36)55-11-10-29-17(35)8-9-30-25(39)22(38)27(2,3)13-48-54(45,46)51-53(43,44)47-12-16-21(50-52(40,41)42)20(37)26(49-16)34-15-33-19-23(28)31-14-32-24(19)34/h5-6,14-16,20-22,26,37-38H,4,7-13H2,1-3H3,(H,29,35)(H,30,39)(H,43,44)(H,45,46)(H2,28,31,32)(H2,40,41,42)/b6-5-/t16-,20-,21-,22?,26-/m1/s1. The number of carbonyl (C=O) groups excluding carboxylic acids is 3. The first-order chi connectivity index (χ1) is 25.6. The highest BCUT2D eigenvalue weighted by molar-refractivity contribution is 8.13. The molecule has 2 amide bonds. The third kappa shape index (κ3) is 14.6. The van der Waals surface area contributed by atoms with E-state index in [4.69, 9.17) is 19.5 Å². The Balaban J connectivity index is 1.49. The van der Waals surface area contributed by atoms with Gasteiger partial charge in [-0.1, -0.05) is 44.7 Å². The number of thioether (sulfide) groups is 1. The largest absolute Gasteiger partial charge is 0.481 e. The van der Waals surface area contributed by atoms with Gasteiger partial charge in [-0.3, -0.25) is 32.5 Å². The van der Waals surface area contributed by atoms with E-state index < -0.39 is 84.6 Å². The van der Waals surface area contributed by atoms with E-state index in [9.17, 15) is 57.9 Å². The topological polar surface area (TPSA) is 364 Å². The number of anilines is 1. The summed E-state index contributed by atoms with van der Waals surface area (Å²) in [5, 5.41) is 26.3. The number of phosphoric ester groups is 3. The summed E-state index contributed by atoms with van der Waals surface area (Å²) in [7, 11) is -16.4. The van der Waals surface area contributed by atoms with Crippen molar-refractivity contribution in [3.63, 3.8) is 0 Å². The summed E-state index contributed by atoms with van der Waals surface area (Å²) in [6.45, 7) is 2.45. The fourth-order valence-corrected chi connectivity index (χ4v) is 8.18. The van der Waals surface area contributed by atoms with Crippen LogP contribution >= 0.6 is 35.2 Å². The van der Waals surface area contributed by atoms with Crippen LogP contribution in [0.3, 0.4) is 0 Å². The van der Waals surface area contributed by atoms with Gasteiger partial charge in [-0.05, 0) is 6.42 Å². The van der Waals surface area contributed by atoms with Crippen LogP contribution in [0, 0.1) is 5.41 Å².